The summed E-state index contributed by atoms with van der Waals surface area (Å²) >= 11 is 6.01. The van der Waals surface area contributed by atoms with E-state index in [1.165, 1.54) is 12.1 Å². The summed E-state index contributed by atoms with van der Waals surface area (Å²) < 4.78 is 31.5. The number of hydrogen-bond donors (Lipinski definition) is 1. The molecule has 10 heteroatoms. The molecule has 2 aliphatic heterocycles. The molecule has 0 aliphatic carbocycles. The number of benzene rings is 2. The van der Waals surface area contributed by atoms with Crippen LogP contribution in [-0.2, 0) is 14.8 Å². The highest BCUT2D eigenvalue weighted by molar-refractivity contribution is 7.92. The van der Waals surface area contributed by atoms with Crippen LogP contribution in [0, 0.1) is 0 Å². The molecule has 4 rings (SSSR count). The molecule has 1 fully saturated rings. The number of rotatable bonds is 4. The number of halogens is 1. The number of amides is 2. The largest absolute Gasteiger partial charge is 0.476 e. The molecule has 8 nitrogen and oxygen atoms in total. The quantitative estimate of drug-likeness (QED) is 0.752. The van der Waals surface area contributed by atoms with E-state index in [2.05, 4.69) is 5.32 Å². The zero-order valence-corrected chi connectivity index (χ0v) is 18.4. The normalized spacial score (nSPS) is 18.3. The average Bonchev–Trinajstić information content (AvgIpc) is 3.27. The van der Waals surface area contributed by atoms with Crippen molar-refractivity contribution < 1.29 is 22.7 Å². The molecule has 0 radical (unpaired) electrons. The molecule has 0 saturated carbocycles. The van der Waals surface area contributed by atoms with E-state index >= 15 is 0 Å². The van der Waals surface area contributed by atoms with Gasteiger partial charge in [0, 0.05) is 18.1 Å². The zero-order chi connectivity index (χ0) is 22.2. The highest BCUT2D eigenvalue weighted by atomic mass is 35.5. The number of hydrogen-bond acceptors (Lipinski definition) is 5. The van der Waals surface area contributed by atoms with Crippen LogP contribution in [0.25, 0.3) is 0 Å². The number of ether oxygens (including phenoxy) is 1. The first-order valence-electron chi connectivity index (χ1n) is 9.87. The monoisotopic (exact) mass is 463 g/mol. The Morgan fingerprint density at radius 2 is 1.84 bits per heavy atom. The van der Waals surface area contributed by atoms with Gasteiger partial charge in [0.1, 0.15) is 5.75 Å². The Kier molecular flexibility index (Phi) is 5.81. The van der Waals surface area contributed by atoms with Gasteiger partial charge in [-0.3, -0.25) is 13.9 Å². The molecule has 0 spiro atoms. The Morgan fingerprint density at radius 1 is 1.13 bits per heavy atom. The SMILES string of the molecule is CS(=O)(=O)N1CC(C(=O)Nc2ccccc2C(=O)N2CCCC2)Oc2ccc(Cl)cc21. The molecule has 0 bridgehead atoms. The molecule has 1 saturated heterocycles. The number of carbonyl (C=O) groups excluding carboxylic acids is 2. The topological polar surface area (TPSA) is 96.0 Å². The second kappa shape index (κ2) is 8.39. The second-order valence-electron chi connectivity index (χ2n) is 7.55. The van der Waals surface area contributed by atoms with E-state index in [4.69, 9.17) is 16.3 Å². The Hall–Kier alpha value is -2.78. The summed E-state index contributed by atoms with van der Waals surface area (Å²) in [4.78, 5) is 27.6. The summed E-state index contributed by atoms with van der Waals surface area (Å²) in [7, 11) is -3.67. The number of fused-ring (bicyclic) bond motifs is 1. The minimum atomic E-state index is -3.67. The molecule has 2 heterocycles. The van der Waals surface area contributed by atoms with Crippen molar-refractivity contribution in [3.05, 3.63) is 53.1 Å². The Labute approximate surface area is 185 Å². The molecule has 2 aromatic carbocycles. The Balaban J connectivity index is 1.58. The first-order valence-corrected chi connectivity index (χ1v) is 12.1. The van der Waals surface area contributed by atoms with Gasteiger partial charge in [-0.1, -0.05) is 23.7 Å². The van der Waals surface area contributed by atoms with Crippen molar-refractivity contribution in [3.63, 3.8) is 0 Å². The van der Waals surface area contributed by atoms with Crippen molar-refractivity contribution in [2.24, 2.45) is 0 Å². The molecule has 164 valence electrons. The molecular weight excluding hydrogens is 442 g/mol. The first-order chi connectivity index (χ1) is 14.7. The highest BCUT2D eigenvalue weighted by Gasteiger charge is 2.35. The van der Waals surface area contributed by atoms with Crippen molar-refractivity contribution in [1.29, 1.82) is 0 Å². The molecule has 31 heavy (non-hydrogen) atoms. The van der Waals surface area contributed by atoms with Gasteiger partial charge in [0.05, 0.1) is 29.7 Å². The van der Waals surface area contributed by atoms with E-state index in [1.807, 2.05) is 0 Å². The van der Waals surface area contributed by atoms with E-state index in [1.54, 1.807) is 35.2 Å². The van der Waals surface area contributed by atoms with E-state index in [-0.39, 0.29) is 23.9 Å². The molecule has 1 atom stereocenters. The summed E-state index contributed by atoms with van der Waals surface area (Å²) in [6, 6.07) is 11.3. The number of nitrogens with zero attached hydrogens (tertiary/aromatic N) is 2. The maximum Gasteiger partial charge on any atom is 0.267 e. The summed E-state index contributed by atoms with van der Waals surface area (Å²) in [5.41, 5.74) is 1.03. The fraction of sp³-hybridized carbons (Fsp3) is 0.333. The van der Waals surface area contributed by atoms with Crippen LogP contribution in [0.3, 0.4) is 0 Å². The number of sulfonamides is 1. The first kappa shape index (κ1) is 21.5. The lowest BCUT2D eigenvalue weighted by Gasteiger charge is -2.34. The lowest BCUT2D eigenvalue weighted by atomic mass is 10.1. The van der Waals surface area contributed by atoms with E-state index in [9.17, 15) is 18.0 Å². The Bertz CT molecular complexity index is 1130. The van der Waals surface area contributed by atoms with Crippen LogP contribution < -0.4 is 14.4 Å². The van der Waals surface area contributed by atoms with Crippen LogP contribution in [-0.4, -0.2) is 57.1 Å². The van der Waals surface area contributed by atoms with Crippen LogP contribution in [0.5, 0.6) is 5.75 Å². The van der Waals surface area contributed by atoms with Gasteiger partial charge in [0.15, 0.2) is 6.10 Å². The third-order valence-electron chi connectivity index (χ3n) is 5.29. The molecular formula is C21H22ClN3O5S. The highest BCUT2D eigenvalue weighted by Crippen LogP contribution is 2.37. The number of anilines is 2. The van der Waals surface area contributed by atoms with Gasteiger partial charge in [-0.05, 0) is 43.2 Å². The fourth-order valence-electron chi connectivity index (χ4n) is 3.76. The van der Waals surface area contributed by atoms with E-state index < -0.39 is 22.0 Å². The molecule has 2 amide bonds. The van der Waals surface area contributed by atoms with Crippen LogP contribution in [0.2, 0.25) is 5.02 Å². The number of nitrogens with one attached hydrogen (secondary N) is 1. The summed E-state index contributed by atoms with van der Waals surface area (Å²) in [5.74, 6) is -0.450. The predicted octanol–water partition coefficient (Wildman–Crippen LogP) is 2.74. The van der Waals surface area contributed by atoms with Gasteiger partial charge in [-0.2, -0.15) is 0 Å². The minimum Gasteiger partial charge on any atom is -0.476 e. The third kappa shape index (κ3) is 4.47. The summed E-state index contributed by atoms with van der Waals surface area (Å²) in [6.45, 7) is 1.17. The summed E-state index contributed by atoms with van der Waals surface area (Å²) in [5, 5.41) is 3.09. The van der Waals surface area contributed by atoms with E-state index in [0.717, 1.165) is 23.4 Å². The van der Waals surface area contributed by atoms with Gasteiger partial charge in [-0.25, -0.2) is 8.42 Å². The number of carbonyl (C=O) groups is 2. The van der Waals surface area contributed by atoms with Crippen LogP contribution >= 0.6 is 11.6 Å². The van der Waals surface area contributed by atoms with Crippen LogP contribution in [0.15, 0.2) is 42.5 Å². The van der Waals surface area contributed by atoms with Crippen molar-refractivity contribution >= 4 is 44.8 Å². The number of para-hydroxylation sites is 1. The van der Waals surface area contributed by atoms with Crippen molar-refractivity contribution in [1.82, 2.24) is 4.90 Å². The average molecular weight is 464 g/mol. The molecule has 1 unspecified atom stereocenters. The van der Waals surface area contributed by atoms with Gasteiger partial charge >= 0.3 is 0 Å². The van der Waals surface area contributed by atoms with Gasteiger partial charge in [0.2, 0.25) is 10.0 Å². The molecule has 1 N–H and O–H groups in total. The standard InChI is InChI=1S/C21H22ClN3O5S/c1-31(28,29)25-13-19(30-18-9-8-14(22)12-17(18)25)20(26)23-16-7-3-2-6-15(16)21(27)24-10-4-5-11-24/h2-3,6-9,12,19H,4-5,10-11,13H2,1H3,(H,23,26). The van der Waals surface area contributed by atoms with Gasteiger partial charge in [-0.15, -0.1) is 0 Å². The van der Waals surface area contributed by atoms with Crippen molar-refractivity contribution in [2.75, 3.05) is 35.5 Å². The predicted molar refractivity (Wildman–Crippen MR) is 118 cm³/mol. The molecule has 2 aromatic rings. The zero-order valence-electron chi connectivity index (χ0n) is 16.9. The smallest absolute Gasteiger partial charge is 0.267 e. The third-order valence-corrected chi connectivity index (χ3v) is 6.67. The van der Waals surface area contributed by atoms with Gasteiger partial charge < -0.3 is 15.0 Å². The Morgan fingerprint density at radius 3 is 2.55 bits per heavy atom. The second-order valence-corrected chi connectivity index (χ2v) is 9.89. The van der Waals surface area contributed by atoms with Crippen LogP contribution in [0.4, 0.5) is 11.4 Å². The minimum absolute atomic E-state index is 0.143. The maximum absolute atomic E-state index is 13.0. The lowest BCUT2D eigenvalue weighted by Crippen LogP contribution is -2.48. The van der Waals surface area contributed by atoms with E-state index in [0.29, 0.717) is 29.4 Å². The maximum atomic E-state index is 13.0. The molecule has 0 aromatic heterocycles. The summed E-state index contributed by atoms with van der Waals surface area (Å²) in [6.07, 6.45) is 1.88. The van der Waals surface area contributed by atoms with Crippen molar-refractivity contribution in [2.45, 2.75) is 18.9 Å². The van der Waals surface area contributed by atoms with Crippen LogP contribution in [0.1, 0.15) is 23.2 Å². The van der Waals surface area contributed by atoms with Gasteiger partial charge in [0.25, 0.3) is 11.8 Å². The van der Waals surface area contributed by atoms with Crippen molar-refractivity contribution in [3.8, 4) is 5.75 Å². The number of likely N-dealkylation sites (tertiary alicyclic amines) is 1. The lowest BCUT2D eigenvalue weighted by molar-refractivity contribution is -0.122. The fourth-order valence-corrected chi connectivity index (χ4v) is 4.83. The molecule has 2 aliphatic rings.